The molecule has 13 heteroatoms. The zero-order chi connectivity index (χ0) is 23.0. The number of pyridine rings is 1. The molecular formula is C19H24N8O4S. The van der Waals surface area contributed by atoms with Gasteiger partial charge in [-0.3, -0.25) is 9.36 Å². The molecule has 0 spiro atoms. The molecule has 3 aromatic rings. The molecule has 12 nitrogen and oxygen atoms in total. The van der Waals surface area contributed by atoms with E-state index >= 15 is 0 Å². The second-order valence-electron chi connectivity index (χ2n) is 7.57. The fourth-order valence-corrected chi connectivity index (χ4v) is 4.71. The van der Waals surface area contributed by atoms with Gasteiger partial charge in [0.2, 0.25) is 10.0 Å². The van der Waals surface area contributed by atoms with Crippen LogP contribution < -0.4 is 27.7 Å². The fourth-order valence-electron chi connectivity index (χ4n) is 3.67. The zero-order valence-corrected chi connectivity index (χ0v) is 17.8. The van der Waals surface area contributed by atoms with Gasteiger partial charge < -0.3 is 27.7 Å². The quantitative estimate of drug-likeness (QED) is 0.292. The molecule has 170 valence electrons. The molecule has 1 aliphatic heterocycles. The van der Waals surface area contributed by atoms with Gasteiger partial charge in [-0.05, 0) is 24.6 Å². The Hall–Kier alpha value is -3.26. The number of carbonyl (C=O) groups is 1. The normalized spacial score (nSPS) is 23.4. The summed E-state index contributed by atoms with van der Waals surface area (Å²) in [5, 5.41) is 0. The number of rotatable bonds is 6. The molecule has 1 aliphatic rings. The van der Waals surface area contributed by atoms with Crippen molar-refractivity contribution in [1.29, 1.82) is 0 Å². The van der Waals surface area contributed by atoms with Crippen LogP contribution in [-0.2, 0) is 14.8 Å². The van der Waals surface area contributed by atoms with Crippen LogP contribution in [0.2, 0.25) is 0 Å². The number of nitrogens with one attached hydrogen (secondary N) is 1. The molecule has 1 saturated heterocycles. The average Bonchev–Trinajstić information content (AvgIpc) is 3.29. The summed E-state index contributed by atoms with van der Waals surface area (Å²) in [4.78, 5) is 20.8. The number of nitrogens with zero attached hydrogens (tertiary/aromatic N) is 3. The number of anilines is 2. The van der Waals surface area contributed by atoms with Gasteiger partial charge in [0.1, 0.15) is 5.52 Å². The molecule has 0 radical (unpaired) electrons. The van der Waals surface area contributed by atoms with E-state index in [2.05, 4.69) is 9.97 Å². The molecular weight excluding hydrogens is 436 g/mol. The van der Waals surface area contributed by atoms with E-state index in [4.69, 9.17) is 27.7 Å². The number of fused-ring (bicyclic) bond motifs is 1. The highest BCUT2D eigenvalue weighted by Gasteiger charge is 2.42. The minimum absolute atomic E-state index is 0.0282. The van der Waals surface area contributed by atoms with Gasteiger partial charge in [-0.1, -0.05) is 12.1 Å². The summed E-state index contributed by atoms with van der Waals surface area (Å²) in [6.07, 6.45) is 1.72. The summed E-state index contributed by atoms with van der Waals surface area (Å²) in [5.74, 6) is -1.19. The number of imidazole rings is 1. The van der Waals surface area contributed by atoms with E-state index in [1.54, 1.807) is 29.0 Å². The Morgan fingerprint density at radius 2 is 1.84 bits per heavy atom. The summed E-state index contributed by atoms with van der Waals surface area (Å²) >= 11 is 0. The molecule has 0 aliphatic carbocycles. The number of aromatic nitrogens is 3. The third-order valence-electron chi connectivity index (χ3n) is 5.41. The number of sulfonamides is 1. The summed E-state index contributed by atoms with van der Waals surface area (Å²) in [7, 11) is -3.97. The lowest BCUT2D eigenvalue weighted by Crippen LogP contribution is -2.46. The van der Waals surface area contributed by atoms with E-state index in [1.165, 1.54) is 18.5 Å². The summed E-state index contributed by atoms with van der Waals surface area (Å²) < 4.78 is 34.5. The lowest BCUT2D eigenvalue weighted by Gasteiger charge is -2.17. The molecule has 9 N–H and O–H groups in total. The first kappa shape index (κ1) is 22.0. The standard InChI is InChI=1S/C19H24N8O4S/c20-11-4-2-1-3-10(11)18(28)26-32(29,30)8-6-13-14(22)15(23)19(31-13)27-9-25-16-12(21)5-7-24-17(16)27/h1-5,7,9,13-15,19H,6,8,20,22-23H2,(H2,21,24)(H,26,28)/t13-,14-,15-,19-/m1/s1. The monoisotopic (exact) mass is 460 g/mol. The van der Waals surface area contributed by atoms with Gasteiger partial charge in [0.15, 0.2) is 11.9 Å². The number of benzene rings is 1. The van der Waals surface area contributed by atoms with Crippen molar-refractivity contribution in [3.8, 4) is 0 Å². The van der Waals surface area contributed by atoms with Gasteiger partial charge in [-0.15, -0.1) is 0 Å². The van der Waals surface area contributed by atoms with Crippen LogP contribution in [0.4, 0.5) is 11.4 Å². The van der Waals surface area contributed by atoms with E-state index in [9.17, 15) is 13.2 Å². The Morgan fingerprint density at radius 3 is 2.59 bits per heavy atom. The summed E-state index contributed by atoms with van der Waals surface area (Å²) in [5.41, 5.74) is 25.8. The number of carbonyl (C=O) groups excluding carboxylic acids is 1. The number of hydrogen-bond acceptors (Lipinski definition) is 10. The molecule has 0 saturated carbocycles. The Morgan fingerprint density at radius 1 is 1.09 bits per heavy atom. The van der Waals surface area contributed by atoms with Gasteiger partial charge in [0, 0.05) is 11.9 Å². The van der Waals surface area contributed by atoms with Crippen molar-refractivity contribution in [3.63, 3.8) is 0 Å². The number of nitrogens with two attached hydrogens (primary N) is 4. The van der Waals surface area contributed by atoms with E-state index < -0.39 is 40.3 Å². The molecule has 32 heavy (non-hydrogen) atoms. The minimum Gasteiger partial charge on any atom is -0.398 e. The molecule has 3 heterocycles. The Bertz CT molecular complexity index is 1260. The van der Waals surface area contributed by atoms with Crippen LogP contribution >= 0.6 is 0 Å². The lowest BCUT2D eigenvalue weighted by molar-refractivity contribution is -0.00303. The summed E-state index contributed by atoms with van der Waals surface area (Å²) in [6, 6.07) is 6.54. The van der Waals surface area contributed by atoms with Crippen molar-refractivity contribution in [2.45, 2.75) is 30.8 Å². The Balaban J connectivity index is 1.44. The van der Waals surface area contributed by atoms with Crippen LogP contribution in [0.1, 0.15) is 23.0 Å². The predicted molar refractivity (Wildman–Crippen MR) is 119 cm³/mol. The largest absolute Gasteiger partial charge is 0.398 e. The maximum atomic E-state index is 12.5. The van der Waals surface area contributed by atoms with Gasteiger partial charge >= 0.3 is 0 Å². The van der Waals surface area contributed by atoms with E-state index in [0.29, 0.717) is 16.9 Å². The van der Waals surface area contributed by atoms with E-state index in [1.807, 2.05) is 4.72 Å². The second kappa shape index (κ2) is 8.35. The molecule has 0 unspecified atom stereocenters. The smallest absolute Gasteiger partial charge is 0.266 e. The third kappa shape index (κ3) is 4.10. The maximum absolute atomic E-state index is 12.5. The number of nitrogen functional groups attached to an aromatic ring is 2. The van der Waals surface area contributed by atoms with Gasteiger partial charge in [-0.25, -0.2) is 23.1 Å². The molecule has 1 amide bonds. The van der Waals surface area contributed by atoms with Crippen LogP contribution in [0, 0.1) is 0 Å². The molecule has 4 atom stereocenters. The van der Waals surface area contributed by atoms with Crippen LogP contribution in [0.3, 0.4) is 0 Å². The van der Waals surface area contributed by atoms with Crippen LogP contribution in [0.25, 0.3) is 11.2 Å². The van der Waals surface area contributed by atoms with Crippen molar-refractivity contribution < 1.29 is 17.9 Å². The predicted octanol–water partition coefficient (Wildman–Crippen LogP) is -0.702. The molecule has 1 fully saturated rings. The van der Waals surface area contributed by atoms with Crippen molar-refractivity contribution >= 4 is 38.5 Å². The van der Waals surface area contributed by atoms with Crippen molar-refractivity contribution in [1.82, 2.24) is 19.3 Å². The number of ether oxygens (including phenoxy) is 1. The van der Waals surface area contributed by atoms with E-state index in [0.717, 1.165) is 0 Å². The SMILES string of the molecule is Nc1ccccc1C(=O)NS(=O)(=O)CC[C@H]1O[C@@H](n2cnc3c(N)ccnc32)[C@H](N)[C@@H]1N. The molecule has 2 aromatic heterocycles. The van der Waals surface area contributed by atoms with Crippen molar-refractivity contribution in [2.24, 2.45) is 11.5 Å². The highest BCUT2D eigenvalue weighted by Crippen LogP contribution is 2.31. The fraction of sp³-hybridized carbons (Fsp3) is 0.316. The van der Waals surface area contributed by atoms with E-state index in [-0.39, 0.29) is 23.4 Å². The number of amides is 1. The average molecular weight is 461 g/mol. The zero-order valence-electron chi connectivity index (χ0n) is 17.0. The van der Waals surface area contributed by atoms with Crippen LogP contribution in [-0.4, -0.2) is 52.8 Å². The number of para-hydroxylation sites is 1. The lowest BCUT2D eigenvalue weighted by atomic mass is 10.0. The van der Waals surface area contributed by atoms with Crippen molar-refractivity contribution in [3.05, 3.63) is 48.4 Å². The second-order valence-corrected chi connectivity index (χ2v) is 9.41. The van der Waals surface area contributed by atoms with Gasteiger partial charge in [-0.2, -0.15) is 0 Å². The highest BCUT2D eigenvalue weighted by molar-refractivity contribution is 7.90. The van der Waals surface area contributed by atoms with Gasteiger partial charge in [0.05, 0.1) is 41.5 Å². The highest BCUT2D eigenvalue weighted by atomic mass is 32.2. The Kier molecular flexibility index (Phi) is 5.73. The summed E-state index contributed by atoms with van der Waals surface area (Å²) in [6.45, 7) is 0. The number of hydrogen-bond donors (Lipinski definition) is 5. The van der Waals surface area contributed by atoms with Gasteiger partial charge in [0.25, 0.3) is 5.91 Å². The van der Waals surface area contributed by atoms with Crippen LogP contribution in [0.5, 0.6) is 0 Å². The van der Waals surface area contributed by atoms with Crippen molar-refractivity contribution in [2.75, 3.05) is 17.2 Å². The third-order valence-corrected chi connectivity index (χ3v) is 6.68. The maximum Gasteiger partial charge on any atom is 0.266 e. The topological polar surface area (TPSA) is 207 Å². The molecule has 0 bridgehead atoms. The van der Waals surface area contributed by atoms with Crippen LogP contribution in [0.15, 0.2) is 42.9 Å². The first-order valence-electron chi connectivity index (χ1n) is 9.81. The minimum atomic E-state index is -3.97. The first-order chi connectivity index (χ1) is 15.2. The first-order valence-corrected chi connectivity index (χ1v) is 11.5. The molecule has 4 rings (SSSR count). The molecule has 1 aromatic carbocycles. The Labute approximate surface area is 184 Å².